The monoisotopic (exact) mass is 313 g/mol. The third-order valence-corrected chi connectivity index (χ3v) is 4.85. The van der Waals surface area contributed by atoms with Gasteiger partial charge in [0.25, 0.3) is 0 Å². The van der Waals surface area contributed by atoms with E-state index in [0.29, 0.717) is 0 Å². The van der Waals surface area contributed by atoms with Crippen LogP contribution in [0.25, 0.3) is 0 Å². The Hall–Kier alpha value is -1.67. The summed E-state index contributed by atoms with van der Waals surface area (Å²) in [4.78, 5) is 10.4. The maximum absolute atomic E-state index is 11.7. The number of hydrogen-bond donors (Lipinski definition) is 2. The molecule has 0 bridgehead atoms. The molecule has 0 saturated carbocycles. The number of benzene rings is 1. The molecule has 116 valence electrons. The highest BCUT2D eigenvalue weighted by molar-refractivity contribution is 7.90. The predicted octanol–water partition coefficient (Wildman–Crippen LogP) is 1.55. The van der Waals surface area contributed by atoms with Gasteiger partial charge in [0.05, 0.1) is 4.92 Å². The van der Waals surface area contributed by atoms with Crippen LogP contribution in [0, 0.1) is 10.1 Å². The van der Waals surface area contributed by atoms with Crippen molar-refractivity contribution in [3.05, 3.63) is 28.3 Å². The van der Waals surface area contributed by atoms with Crippen molar-refractivity contribution in [2.45, 2.75) is 30.2 Å². The van der Waals surface area contributed by atoms with Gasteiger partial charge < -0.3 is 10.6 Å². The molecule has 2 N–H and O–H groups in total. The molecule has 0 aliphatic carbocycles. The average molecular weight is 313 g/mol. The summed E-state index contributed by atoms with van der Waals surface area (Å²) in [6, 6.07) is 4.35. The molecule has 0 unspecified atom stereocenters. The minimum atomic E-state index is -3.66. The Kier molecular flexibility index (Phi) is 4.20. The number of nitro benzene ring substituents is 1. The van der Waals surface area contributed by atoms with E-state index >= 15 is 0 Å². The first kappa shape index (κ1) is 15.7. The van der Waals surface area contributed by atoms with Crippen molar-refractivity contribution >= 4 is 21.2 Å². The number of para-hydroxylation sites is 1. The lowest BCUT2D eigenvalue weighted by Crippen LogP contribution is -2.45. The summed E-state index contributed by atoms with van der Waals surface area (Å²) in [5.41, 5.74) is -0.404. The van der Waals surface area contributed by atoms with Crippen molar-refractivity contribution < 1.29 is 13.3 Å². The molecule has 1 aromatic carbocycles. The van der Waals surface area contributed by atoms with Gasteiger partial charge in [-0.1, -0.05) is 6.07 Å². The van der Waals surface area contributed by atoms with Gasteiger partial charge in [0.1, 0.15) is 10.6 Å². The first-order chi connectivity index (χ1) is 9.73. The Bertz CT molecular complexity index is 651. The topological polar surface area (TPSA) is 101 Å². The summed E-state index contributed by atoms with van der Waals surface area (Å²) >= 11 is 0. The number of anilines is 1. The number of nitrogens with one attached hydrogen (secondary N) is 2. The third kappa shape index (κ3) is 3.51. The fourth-order valence-corrected chi connectivity index (χ4v) is 3.40. The molecule has 1 aliphatic rings. The zero-order valence-electron chi connectivity index (χ0n) is 12.0. The smallest absolute Gasteiger partial charge is 0.310 e. The van der Waals surface area contributed by atoms with Crippen LogP contribution in [-0.2, 0) is 9.84 Å². The summed E-state index contributed by atoms with van der Waals surface area (Å²) in [7, 11) is -3.66. The molecule has 2 rings (SSSR count). The van der Waals surface area contributed by atoms with Crippen molar-refractivity contribution in [2.24, 2.45) is 0 Å². The zero-order valence-corrected chi connectivity index (χ0v) is 12.9. The van der Waals surface area contributed by atoms with Gasteiger partial charge in [0.2, 0.25) is 0 Å². The van der Waals surface area contributed by atoms with E-state index in [1.807, 2.05) is 6.92 Å². The van der Waals surface area contributed by atoms with Crippen molar-refractivity contribution in [3.8, 4) is 0 Å². The Balaban J connectivity index is 2.46. The fourth-order valence-electron chi connectivity index (χ4n) is 2.54. The van der Waals surface area contributed by atoms with Crippen LogP contribution in [0.2, 0.25) is 0 Å². The van der Waals surface area contributed by atoms with E-state index in [-0.39, 0.29) is 21.8 Å². The quantitative estimate of drug-likeness (QED) is 0.646. The molecule has 0 spiro atoms. The van der Waals surface area contributed by atoms with Gasteiger partial charge in [0, 0.05) is 11.8 Å². The van der Waals surface area contributed by atoms with Gasteiger partial charge >= 0.3 is 5.69 Å². The molecule has 1 fully saturated rings. The van der Waals surface area contributed by atoms with Crippen LogP contribution in [0.15, 0.2) is 23.1 Å². The second-order valence-electron chi connectivity index (χ2n) is 5.62. The molecule has 1 saturated heterocycles. The highest BCUT2D eigenvalue weighted by Crippen LogP contribution is 2.35. The lowest BCUT2D eigenvalue weighted by atomic mass is 9.90. The molecule has 21 heavy (non-hydrogen) atoms. The number of rotatable bonds is 4. The number of nitrogens with zero attached hydrogens (tertiary/aromatic N) is 1. The van der Waals surface area contributed by atoms with E-state index in [4.69, 9.17) is 0 Å². The Morgan fingerprint density at radius 2 is 1.95 bits per heavy atom. The molecule has 0 atom stereocenters. The van der Waals surface area contributed by atoms with Gasteiger partial charge in [0.15, 0.2) is 9.84 Å². The highest BCUT2D eigenvalue weighted by atomic mass is 32.2. The summed E-state index contributed by atoms with van der Waals surface area (Å²) in [5, 5.41) is 17.7. The van der Waals surface area contributed by atoms with Gasteiger partial charge in [-0.3, -0.25) is 10.1 Å². The Morgan fingerprint density at radius 3 is 2.48 bits per heavy atom. The third-order valence-electron chi connectivity index (χ3n) is 3.72. The van der Waals surface area contributed by atoms with Crippen LogP contribution >= 0.6 is 0 Å². The summed E-state index contributed by atoms with van der Waals surface area (Å²) in [5.74, 6) is 0. The SMILES string of the molecule is CC1(Nc2cccc(S(C)(=O)=O)c2[N+](=O)[O-])CCNCC1. The number of nitro groups is 1. The molecule has 8 heteroatoms. The van der Waals surface area contributed by atoms with E-state index in [1.165, 1.54) is 12.1 Å². The minimum absolute atomic E-state index is 0.255. The average Bonchev–Trinajstić information content (AvgIpc) is 2.37. The van der Waals surface area contributed by atoms with Crippen LogP contribution in [0.1, 0.15) is 19.8 Å². The van der Waals surface area contributed by atoms with Crippen molar-refractivity contribution in [2.75, 3.05) is 24.7 Å². The molecule has 1 heterocycles. The van der Waals surface area contributed by atoms with Crippen molar-refractivity contribution in [3.63, 3.8) is 0 Å². The Labute approximate surface area is 123 Å². The molecular formula is C13H19N3O4S. The lowest BCUT2D eigenvalue weighted by Gasteiger charge is -2.35. The van der Waals surface area contributed by atoms with E-state index in [2.05, 4.69) is 10.6 Å². The Morgan fingerprint density at radius 1 is 1.33 bits per heavy atom. The van der Waals surface area contributed by atoms with E-state index in [9.17, 15) is 18.5 Å². The molecule has 0 amide bonds. The van der Waals surface area contributed by atoms with E-state index in [1.54, 1.807) is 6.07 Å². The van der Waals surface area contributed by atoms with E-state index in [0.717, 1.165) is 32.2 Å². The number of sulfone groups is 1. The minimum Gasteiger partial charge on any atom is -0.374 e. The normalized spacial score (nSPS) is 18.2. The molecule has 0 radical (unpaired) electrons. The largest absolute Gasteiger partial charge is 0.374 e. The fraction of sp³-hybridized carbons (Fsp3) is 0.538. The van der Waals surface area contributed by atoms with Crippen molar-refractivity contribution in [1.82, 2.24) is 5.32 Å². The van der Waals surface area contributed by atoms with Gasteiger partial charge in [-0.2, -0.15) is 0 Å². The maximum Gasteiger partial charge on any atom is 0.310 e. The first-order valence-corrected chi connectivity index (χ1v) is 8.58. The van der Waals surface area contributed by atoms with Gasteiger partial charge in [-0.25, -0.2) is 8.42 Å². The lowest BCUT2D eigenvalue weighted by molar-refractivity contribution is -0.386. The highest BCUT2D eigenvalue weighted by Gasteiger charge is 2.32. The molecule has 7 nitrogen and oxygen atoms in total. The first-order valence-electron chi connectivity index (χ1n) is 6.69. The summed E-state index contributed by atoms with van der Waals surface area (Å²) in [6.07, 6.45) is 2.60. The molecule has 1 aromatic rings. The standard InChI is InChI=1S/C13H19N3O4S/c1-13(6-8-14-9-7-13)15-10-4-3-5-11(21(2,19)20)12(10)16(17)18/h3-5,14-15H,6-9H2,1-2H3. The summed E-state index contributed by atoms with van der Waals surface area (Å²) < 4.78 is 23.5. The van der Waals surface area contributed by atoms with Crippen LogP contribution in [0.3, 0.4) is 0 Å². The number of hydrogen-bond acceptors (Lipinski definition) is 6. The van der Waals surface area contributed by atoms with E-state index < -0.39 is 14.8 Å². The maximum atomic E-state index is 11.7. The summed E-state index contributed by atoms with van der Waals surface area (Å²) in [6.45, 7) is 3.64. The molecule has 1 aliphatic heterocycles. The predicted molar refractivity (Wildman–Crippen MR) is 80.3 cm³/mol. The van der Waals surface area contributed by atoms with Crippen molar-refractivity contribution in [1.29, 1.82) is 0 Å². The zero-order chi connectivity index (χ0) is 15.7. The molecular weight excluding hydrogens is 294 g/mol. The van der Waals surface area contributed by atoms with Crippen LogP contribution in [0.5, 0.6) is 0 Å². The second kappa shape index (κ2) is 5.61. The van der Waals surface area contributed by atoms with Crippen LogP contribution < -0.4 is 10.6 Å². The van der Waals surface area contributed by atoms with Gasteiger partial charge in [-0.05, 0) is 45.0 Å². The van der Waals surface area contributed by atoms with Crippen LogP contribution in [-0.4, -0.2) is 38.2 Å². The number of piperidine rings is 1. The van der Waals surface area contributed by atoms with Gasteiger partial charge in [-0.15, -0.1) is 0 Å². The van der Waals surface area contributed by atoms with Crippen LogP contribution in [0.4, 0.5) is 11.4 Å². The second-order valence-corrected chi connectivity index (χ2v) is 7.60. The molecule has 0 aromatic heterocycles.